The van der Waals surface area contributed by atoms with Crippen LogP contribution in [0.1, 0.15) is 25.3 Å². The zero-order valence-corrected chi connectivity index (χ0v) is 11.2. The molecule has 1 heterocycles. The van der Waals surface area contributed by atoms with Crippen molar-refractivity contribution in [2.75, 3.05) is 0 Å². The molecule has 0 atom stereocenters. The maximum Gasteiger partial charge on any atom is 0.134 e. The van der Waals surface area contributed by atoms with Gasteiger partial charge in [-0.1, -0.05) is 49.4 Å². The van der Waals surface area contributed by atoms with Gasteiger partial charge in [0.2, 0.25) is 0 Å². The first-order valence-corrected chi connectivity index (χ1v) is 6.93. The van der Waals surface area contributed by atoms with Crippen molar-refractivity contribution in [3.63, 3.8) is 0 Å². The summed E-state index contributed by atoms with van der Waals surface area (Å²) in [6.07, 6.45) is 9.61. The Morgan fingerprint density at radius 1 is 1.05 bits per heavy atom. The van der Waals surface area contributed by atoms with Crippen LogP contribution < -0.4 is 0 Å². The normalized spacial score (nSPS) is 11.8. The summed E-state index contributed by atoms with van der Waals surface area (Å²) in [5.74, 6) is 0. The van der Waals surface area contributed by atoms with Gasteiger partial charge in [0.1, 0.15) is 5.58 Å². The highest BCUT2D eigenvalue weighted by atomic mass is 16.3. The van der Waals surface area contributed by atoms with Gasteiger partial charge < -0.3 is 4.42 Å². The molecule has 0 spiro atoms. The minimum Gasteiger partial charge on any atom is -0.464 e. The van der Waals surface area contributed by atoms with Gasteiger partial charge in [-0.3, -0.25) is 0 Å². The van der Waals surface area contributed by atoms with Crippen molar-refractivity contribution in [3.05, 3.63) is 60.4 Å². The molecule has 2 aromatic carbocycles. The molecule has 3 rings (SSSR count). The molecule has 0 N–H and O–H groups in total. The first-order valence-electron chi connectivity index (χ1n) is 6.93. The summed E-state index contributed by atoms with van der Waals surface area (Å²) >= 11 is 0. The van der Waals surface area contributed by atoms with Crippen molar-refractivity contribution < 1.29 is 4.42 Å². The van der Waals surface area contributed by atoms with E-state index in [2.05, 4.69) is 55.5 Å². The maximum atomic E-state index is 5.69. The average molecular weight is 250 g/mol. The molecule has 3 aromatic rings. The molecule has 19 heavy (non-hydrogen) atoms. The fourth-order valence-corrected chi connectivity index (χ4v) is 2.58. The van der Waals surface area contributed by atoms with Crippen molar-refractivity contribution >= 4 is 21.7 Å². The molecular weight excluding hydrogens is 232 g/mol. The smallest absolute Gasteiger partial charge is 0.134 e. The molecule has 1 nitrogen and oxygen atoms in total. The average Bonchev–Trinajstić information content (AvgIpc) is 2.87. The van der Waals surface area contributed by atoms with E-state index in [9.17, 15) is 0 Å². The molecule has 0 radical (unpaired) electrons. The summed E-state index contributed by atoms with van der Waals surface area (Å²) in [5, 5.41) is 3.85. The van der Waals surface area contributed by atoms with E-state index in [1.807, 2.05) is 6.26 Å². The second-order valence-electron chi connectivity index (χ2n) is 4.84. The molecule has 1 aromatic heterocycles. The number of aryl methyl sites for hydroxylation is 1. The minimum absolute atomic E-state index is 0.994. The summed E-state index contributed by atoms with van der Waals surface area (Å²) < 4.78 is 5.69. The van der Waals surface area contributed by atoms with E-state index in [4.69, 9.17) is 4.42 Å². The van der Waals surface area contributed by atoms with E-state index >= 15 is 0 Å². The molecule has 0 aliphatic rings. The van der Waals surface area contributed by atoms with Gasteiger partial charge in [-0.2, -0.15) is 0 Å². The molecule has 0 saturated heterocycles. The SMILES string of the molecule is CCC=CCCc1coc2ccc3ccccc3c12. The first-order chi connectivity index (χ1) is 9.40. The summed E-state index contributed by atoms with van der Waals surface area (Å²) in [6.45, 7) is 2.16. The molecule has 0 unspecified atom stereocenters. The van der Waals surface area contributed by atoms with Gasteiger partial charge in [0.25, 0.3) is 0 Å². The van der Waals surface area contributed by atoms with Crippen molar-refractivity contribution in [2.45, 2.75) is 26.2 Å². The number of hydrogen-bond donors (Lipinski definition) is 0. The van der Waals surface area contributed by atoms with Crippen molar-refractivity contribution in [1.82, 2.24) is 0 Å². The quantitative estimate of drug-likeness (QED) is 0.558. The highest BCUT2D eigenvalue weighted by molar-refractivity contribution is 6.07. The Bertz CT molecular complexity index is 719. The Morgan fingerprint density at radius 2 is 1.95 bits per heavy atom. The van der Waals surface area contributed by atoms with Crippen LogP contribution in [-0.4, -0.2) is 0 Å². The zero-order valence-electron chi connectivity index (χ0n) is 11.2. The zero-order chi connectivity index (χ0) is 13.1. The van der Waals surface area contributed by atoms with Gasteiger partial charge in [-0.05, 0) is 41.7 Å². The molecule has 1 heteroatoms. The lowest BCUT2D eigenvalue weighted by atomic mass is 10.0. The first kappa shape index (κ1) is 12.0. The van der Waals surface area contributed by atoms with Gasteiger partial charge in [0.05, 0.1) is 6.26 Å². The minimum atomic E-state index is 0.994. The molecule has 0 aliphatic carbocycles. The van der Waals surface area contributed by atoms with E-state index in [1.165, 1.54) is 21.7 Å². The van der Waals surface area contributed by atoms with Crippen LogP contribution in [0, 0.1) is 0 Å². The van der Waals surface area contributed by atoms with Crippen LogP contribution in [0.5, 0.6) is 0 Å². The van der Waals surface area contributed by atoms with Crippen molar-refractivity contribution in [2.24, 2.45) is 0 Å². The third-order valence-electron chi connectivity index (χ3n) is 3.52. The predicted octanol–water partition coefficient (Wildman–Crippen LogP) is 5.48. The molecule has 0 amide bonds. The van der Waals surface area contributed by atoms with E-state index in [-0.39, 0.29) is 0 Å². The van der Waals surface area contributed by atoms with Gasteiger partial charge in [-0.25, -0.2) is 0 Å². The fraction of sp³-hybridized carbons (Fsp3) is 0.222. The van der Waals surface area contributed by atoms with Crippen molar-refractivity contribution in [3.8, 4) is 0 Å². The van der Waals surface area contributed by atoms with Crippen molar-refractivity contribution in [1.29, 1.82) is 0 Å². The number of hydrogen-bond acceptors (Lipinski definition) is 1. The lowest BCUT2D eigenvalue weighted by Crippen LogP contribution is -1.82. The monoisotopic (exact) mass is 250 g/mol. The fourth-order valence-electron chi connectivity index (χ4n) is 2.58. The molecule has 96 valence electrons. The molecular formula is C18H18O. The van der Waals surface area contributed by atoms with E-state index < -0.39 is 0 Å². The number of fused-ring (bicyclic) bond motifs is 3. The second-order valence-corrected chi connectivity index (χ2v) is 4.84. The van der Waals surface area contributed by atoms with Gasteiger partial charge >= 0.3 is 0 Å². The standard InChI is InChI=1S/C18H18O/c1-2-3-4-5-9-15-13-19-17-12-11-14-8-6-7-10-16(14)18(15)17/h3-4,6-8,10-13H,2,5,9H2,1H3. The van der Waals surface area contributed by atoms with Crippen LogP contribution in [0.15, 0.2) is 59.2 Å². The number of benzene rings is 2. The number of rotatable bonds is 4. The number of allylic oxidation sites excluding steroid dienone is 2. The second kappa shape index (κ2) is 5.31. The van der Waals surface area contributed by atoms with Crippen LogP contribution >= 0.6 is 0 Å². The molecule has 0 aliphatic heterocycles. The number of furan rings is 1. The highest BCUT2D eigenvalue weighted by Gasteiger charge is 2.08. The molecule has 0 bridgehead atoms. The summed E-state index contributed by atoms with van der Waals surface area (Å²) in [6, 6.07) is 12.7. The Kier molecular flexibility index (Phi) is 3.37. The largest absolute Gasteiger partial charge is 0.464 e. The Morgan fingerprint density at radius 3 is 2.84 bits per heavy atom. The summed E-state index contributed by atoms with van der Waals surface area (Å²) in [5.41, 5.74) is 2.31. The van der Waals surface area contributed by atoms with E-state index in [0.717, 1.165) is 24.8 Å². The lowest BCUT2D eigenvalue weighted by Gasteiger charge is -2.01. The van der Waals surface area contributed by atoms with Gasteiger partial charge in [0.15, 0.2) is 0 Å². The Balaban J connectivity index is 2.05. The van der Waals surface area contributed by atoms with Crippen LogP contribution in [0.4, 0.5) is 0 Å². The van der Waals surface area contributed by atoms with Crippen LogP contribution in [0.25, 0.3) is 21.7 Å². The third-order valence-corrected chi connectivity index (χ3v) is 3.52. The Hall–Kier alpha value is -2.02. The topological polar surface area (TPSA) is 13.1 Å². The predicted molar refractivity (Wildman–Crippen MR) is 81.5 cm³/mol. The summed E-state index contributed by atoms with van der Waals surface area (Å²) in [7, 11) is 0. The maximum absolute atomic E-state index is 5.69. The molecule has 0 fully saturated rings. The van der Waals surface area contributed by atoms with Crippen LogP contribution in [0.2, 0.25) is 0 Å². The Labute approximate surface area is 113 Å². The molecule has 0 saturated carbocycles. The lowest BCUT2D eigenvalue weighted by molar-refractivity contribution is 0.610. The van der Waals surface area contributed by atoms with E-state index in [0.29, 0.717) is 0 Å². The van der Waals surface area contributed by atoms with Crippen LogP contribution in [-0.2, 0) is 6.42 Å². The highest BCUT2D eigenvalue weighted by Crippen LogP contribution is 2.30. The van der Waals surface area contributed by atoms with E-state index in [1.54, 1.807) is 0 Å². The third kappa shape index (κ3) is 2.28. The van der Waals surface area contributed by atoms with Gasteiger partial charge in [0, 0.05) is 5.39 Å². The summed E-state index contributed by atoms with van der Waals surface area (Å²) in [4.78, 5) is 0. The van der Waals surface area contributed by atoms with Gasteiger partial charge in [-0.15, -0.1) is 0 Å². The van der Waals surface area contributed by atoms with Crippen LogP contribution in [0.3, 0.4) is 0 Å².